The molecule has 1 fully saturated rings. The quantitative estimate of drug-likeness (QED) is 0.803. The van der Waals surface area contributed by atoms with Crippen LogP contribution in [-0.2, 0) is 4.74 Å². The fourth-order valence-electron chi connectivity index (χ4n) is 2.84. The number of rotatable bonds is 6. The highest BCUT2D eigenvalue weighted by Crippen LogP contribution is 2.20. The Morgan fingerprint density at radius 1 is 1.32 bits per heavy atom. The van der Waals surface area contributed by atoms with Crippen LogP contribution in [0.3, 0.4) is 0 Å². The van der Waals surface area contributed by atoms with E-state index in [0.29, 0.717) is 18.1 Å². The molecule has 1 N–H and O–H groups in total. The minimum absolute atomic E-state index is 0.197. The van der Waals surface area contributed by atoms with Gasteiger partial charge in [0.05, 0.1) is 6.10 Å². The molecule has 0 saturated carbocycles. The second kappa shape index (κ2) is 7.61. The fourth-order valence-corrected chi connectivity index (χ4v) is 2.84. The van der Waals surface area contributed by atoms with Crippen molar-refractivity contribution in [1.29, 1.82) is 0 Å². The second-order valence-electron chi connectivity index (χ2n) is 7.16. The molecular formula is C16H34N2O. The zero-order chi connectivity index (χ0) is 14.5. The average Bonchev–Trinajstić information content (AvgIpc) is 2.28. The van der Waals surface area contributed by atoms with Crippen LogP contribution in [0.5, 0.6) is 0 Å². The summed E-state index contributed by atoms with van der Waals surface area (Å²) in [6.07, 6.45) is 2.93. The van der Waals surface area contributed by atoms with Crippen LogP contribution in [0.25, 0.3) is 0 Å². The normalized spacial score (nSPS) is 23.8. The summed E-state index contributed by atoms with van der Waals surface area (Å²) in [6.45, 7) is 17.7. The first kappa shape index (κ1) is 16.9. The van der Waals surface area contributed by atoms with Gasteiger partial charge < -0.3 is 10.1 Å². The van der Waals surface area contributed by atoms with Crippen LogP contribution in [0.2, 0.25) is 0 Å². The molecule has 0 aromatic rings. The van der Waals surface area contributed by atoms with E-state index in [2.05, 4.69) is 51.8 Å². The topological polar surface area (TPSA) is 24.5 Å². The monoisotopic (exact) mass is 270 g/mol. The van der Waals surface area contributed by atoms with Crippen LogP contribution in [0.1, 0.15) is 54.4 Å². The highest BCUT2D eigenvalue weighted by Gasteiger charge is 2.28. The summed E-state index contributed by atoms with van der Waals surface area (Å²) >= 11 is 0. The van der Waals surface area contributed by atoms with E-state index < -0.39 is 0 Å². The van der Waals surface area contributed by atoms with Crippen LogP contribution < -0.4 is 5.32 Å². The molecule has 0 aromatic carbocycles. The molecule has 3 nitrogen and oxygen atoms in total. The molecular weight excluding hydrogens is 236 g/mol. The van der Waals surface area contributed by atoms with E-state index in [9.17, 15) is 0 Å². The SMILES string of the molecule is CCOC1CCCN(C(CNC(C)(C)C)C(C)C)C1. The maximum Gasteiger partial charge on any atom is 0.0702 e. The molecule has 0 radical (unpaired) electrons. The Bertz CT molecular complexity index is 246. The summed E-state index contributed by atoms with van der Waals surface area (Å²) in [7, 11) is 0. The minimum atomic E-state index is 0.197. The molecule has 19 heavy (non-hydrogen) atoms. The largest absolute Gasteiger partial charge is 0.377 e. The zero-order valence-corrected chi connectivity index (χ0v) is 13.8. The molecule has 2 atom stereocenters. The van der Waals surface area contributed by atoms with E-state index in [-0.39, 0.29) is 5.54 Å². The van der Waals surface area contributed by atoms with Gasteiger partial charge in [-0.25, -0.2) is 0 Å². The van der Waals surface area contributed by atoms with Crippen LogP contribution in [0.4, 0.5) is 0 Å². The summed E-state index contributed by atoms with van der Waals surface area (Å²) in [6, 6.07) is 0.613. The lowest BCUT2D eigenvalue weighted by atomic mass is 9.97. The maximum atomic E-state index is 5.83. The predicted octanol–water partition coefficient (Wildman–Crippen LogP) is 2.90. The average molecular weight is 270 g/mol. The highest BCUT2D eigenvalue weighted by molar-refractivity contribution is 4.85. The molecule has 1 aliphatic rings. The molecule has 0 amide bonds. The first-order valence-electron chi connectivity index (χ1n) is 7.94. The number of hydrogen-bond acceptors (Lipinski definition) is 3. The zero-order valence-electron chi connectivity index (χ0n) is 13.8. The first-order chi connectivity index (χ1) is 8.83. The van der Waals surface area contributed by atoms with Gasteiger partial charge >= 0.3 is 0 Å². The van der Waals surface area contributed by atoms with Gasteiger partial charge in [0.25, 0.3) is 0 Å². The van der Waals surface area contributed by atoms with E-state index in [4.69, 9.17) is 4.74 Å². The maximum absolute atomic E-state index is 5.83. The van der Waals surface area contributed by atoms with Crippen molar-refractivity contribution in [2.75, 3.05) is 26.2 Å². The summed E-state index contributed by atoms with van der Waals surface area (Å²) in [5.41, 5.74) is 0.197. The third-order valence-corrected chi connectivity index (χ3v) is 3.89. The van der Waals surface area contributed by atoms with Crippen molar-refractivity contribution in [2.45, 2.75) is 72.1 Å². The fraction of sp³-hybridized carbons (Fsp3) is 1.00. The molecule has 0 aromatic heterocycles. The molecule has 0 spiro atoms. The molecule has 1 saturated heterocycles. The summed E-state index contributed by atoms with van der Waals surface area (Å²) < 4.78 is 5.83. The predicted molar refractivity (Wildman–Crippen MR) is 82.6 cm³/mol. The molecule has 3 heteroatoms. The molecule has 0 aliphatic carbocycles. The molecule has 1 rings (SSSR count). The molecule has 114 valence electrons. The van der Waals surface area contributed by atoms with Crippen molar-refractivity contribution in [1.82, 2.24) is 10.2 Å². The lowest BCUT2D eigenvalue weighted by molar-refractivity contribution is -0.0145. The van der Waals surface area contributed by atoms with Crippen molar-refractivity contribution >= 4 is 0 Å². The van der Waals surface area contributed by atoms with Crippen molar-refractivity contribution in [3.63, 3.8) is 0 Å². The van der Waals surface area contributed by atoms with Gasteiger partial charge in [-0.15, -0.1) is 0 Å². The molecule has 2 unspecified atom stereocenters. The summed E-state index contributed by atoms with van der Waals surface area (Å²) in [5, 5.41) is 3.66. The summed E-state index contributed by atoms with van der Waals surface area (Å²) in [4.78, 5) is 2.63. The minimum Gasteiger partial charge on any atom is -0.377 e. The van der Waals surface area contributed by atoms with Crippen molar-refractivity contribution in [3.8, 4) is 0 Å². The van der Waals surface area contributed by atoms with Gasteiger partial charge in [-0.3, -0.25) is 4.90 Å². The van der Waals surface area contributed by atoms with Crippen molar-refractivity contribution < 1.29 is 4.74 Å². The van der Waals surface area contributed by atoms with Gasteiger partial charge in [0.1, 0.15) is 0 Å². The molecule has 0 bridgehead atoms. The number of hydrogen-bond donors (Lipinski definition) is 1. The van der Waals surface area contributed by atoms with E-state index in [1.54, 1.807) is 0 Å². The Labute approximate surface area is 120 Å². The lowest BCUT2D eigenvalue weighted by Gasteiger charge is -2.41. The van der Waals surface area contributed by atoms with Gasteiger partial charge in [0, 0.05) is 31.3 Å². The Kier molecular flexibility index (Phi) is 6.78. The van der Waals surface area contributed by atoms with Gasteiger partial charge in [0.2, 0.25) is 0 Å². The standard InChI is InChI=1S/C16H34N2O/c1-7-19-14-9-8-10-18(12-14)15(13(2)3)11-17-16(4,5)6/h13-15,17H,7-12H2,1-6H3. The van der Waals surface area contributed by atoms with E-state index >= 15 is 0 Å². The number of nitrogens with one attached hydrogen (secondary N) is 1. The number of ether oxygens (including phenoxy) is 1. The van der Waals surface area contributed by atoms with E-state index in [1.807, 2.05) is 0 Å². The van der Waals surface area contributed by atoms with Crippen LogP contribution >= 0.6 is 0 Å². The van der Waals surface area contributed by atoms with Gasteiger partial charge in [0.15, 0.2) is 0 Å². The second-order valence-corrected chi connectivity index (χ2v) is 7.16. The van der Waals surface area contributed by atoms with E-state index in [1.165, 1.54) is 19.4 Å². The van der Waals surface area contributed by atoms with Crippen molar-refractivity contribution in [3.05, 3.63) is 0 Å². The smallest absolute Gasteiger partial charge is 0.0702 e. The lowest BCUT2D eigenvalue weighted by Crippen LogP contribution is -2.53. The molecule has 1 heterocycles. The Hall–Kier alpha value is -0.120. The Morgan fingerprint density at radius 2 is 2.00 bits per heavy atom. The Morgan fingerprint density at radius 3 is 2.53 bits per heavy atom. The summed E-state index contributed by atoms with van der Waals surface area (Å²) in [5.74, 6) is 0.676. The van der Waals surface area contributed by atoms with Crippen LogP contribution in [0.15, 0.2) is 0 Å². The van der Waals surface area contributed by atoms with E-state index in [0.717, 1.165) is 19.7 Å². The first-order valence-corrected chi connectivity index (χ1v) is 7.94. The van der Waals surface area contributed by atoms with Gasteiger partial charge in [-0.1, -0.05) is 13.8 Å². The van der Waals surface area contributed by atoms with Gasteiger partial charge in [-0.05, 0) is 53.0 Å². The number of likely N-dealkylation sites (tertiary alicyclic amines) is 1. The molecule has 1 aliphatic heterocycles. The Balaban J connectivity index is 2.55. The van der Waals surface area contributed by atoms with Crippen molar-refractivity contribution in [2.24, 2.45) is 5.92 Å². The third-order valence-electron chi connectivity index (χ3n) is 3.89. The third kappa shape index (κ3) is 6.24. The van der Waals surface area contributed by atoms with Crippen LogP contribution in [-0.4, -0.2) is 48.8 Å². The highest BCUT2D eigenvalue weighted by atomic mass is 16.5. The van der Waals surface area contributed by atoms with Gasteiger partial charge in [-0.2, -0.15) is 0 Å². The number of nitrogens with zero attached hydrogens (tertiary/aromatic N) is 1. The van der Waals surface area contributed by atoms with Crippen LogP contribution in [0, 0.1) is 5.92 Å². The number of piperidine rings is 1.